The van der Waals surface area contributed by atoms with E-state index in [0.717, 1.165) is 4.90 Å². The van der Waals surface area contributed by atoms with E-state index in [1.54, 1.807) is 0 Å². The van der Waals surface area contributed by atoms with E-state index in [1.165, 1.54) is 29.8 Å². The first-order valence-corrected chi connectivity index (χ1v) is 5.97. The summed E-state index contributed by atoms with van der Waals surface area (Å²) in [6, 6.07) is 5.93. The lowest BCUT2D eigenvalue weighted by Gasteiger charge is -2.17. The fraction of sp³-hybridized carbons (Fsp3) is 0.417. The Kier molecular flexibility index (Phi) is 3.99. The van der Waals surface area contributed by atoms with E-state index in [2.05, 4.69) is 0 Å². The lowest BCUT2D eigenvalue weighted by atomic mass is 10.1. The van der Waals surface area contributed by atoms with Gasteiger partial charge in [-0.1, -0.05) is 6.07 Å². The summed E-state index contributed by atoms with van der Waals surface area (Å²) in [5.74, 6) is -1.05. The van der Waals surface area contributed by atoms with Crippen LogP contribution in [0.15, 0.2) is 23.1 Å². The van der Waals surface area contributed by atoms with Crippen molar-refractivity contribution < 1.29 is 15.0 Å². The number of aliphatic carboxylic acids is 1. The molecule has 0 amide bonds. The first-order valence-electron chi connectivity index (χ1n) is 4.99. The number of benzene rings is 1. The van der Waals surface area contributed by atoms with Gasteiger partial charge in [-0.05, 0) is 44.0 Å². The van der Waals surface area contributed by atoms with Crippen LogP contribution in [-0.4, -0.2) is 27.5 Å². The van der Waals surface area contributed by atoms with E-state index in [-0.39, 0.29) is 5.75 Å². The molecule has 0 aliphatic carbocycles. The highest BCUT2D eigenvalue weighted by molar-refractivity contribution is 7.99. The number of carboxylic acids is 1. The first-order chi connectivity index (χ1) is 7.33. The predicted molar refractivity (Wildman–Crippen MR) is 64.9 cm³/mol. The summed E-state index contributed by atoms with van der Waals surface area (Å²) in [7, 11) is 0. The van der Waals surface area contributed by atoms with Crippen molar-refractivity contribution in [2.45, 2.75) is 31.3 Å². The normalized spacial score (nSPS) is 14.5. The maximum absolute atomic E-state index is 10.7. The van der Waals surface area contributed by atoms with Gasteiger partial charge in [-0.25, -0.2) is 4.79 Å². The number of carbonyl (C=O) groups is 1. The highest BCUT2D eigenvalue weighted by Gasteiger charge is 2.29. The smallest absolute Gasteiger partial charge is 0.336 e. The molecular weight excluding hydrogens is 224 g/mol. The van der Waals surface area contributed by atoms with Crippen LogP contribution in [-0.2, 0) is 4.79 Å². The number of hydrogen-bond acceptors (Lipinski definition) is 3. The Balaban J connectivity index is 2.68. The van der Waals surface area contributed by atoms with Gasteiger partial charge in [0, 0.05) is 10.6 Å². The van der Waals surface area contributed by atoms with Gasteiger partial charge in [0.05, 0.1) is 0 Å². The molecule has 0 saturated carbocycles. The second-order valence-corrected chi connectivity index (χ2v) is 5.16. The Morgan fingerprint density at radius 1 is 1.38 bits per heavy atom. The monoisotopic (exact) mass is 240 g/mol. The third kappa shape index (κ3) is 3.25. The SMILES string of the molecule is Cc1ccc(SCC(C)(O)C(=O)O)cc1C. The average molecular weight is 240 g/mol. The first kappa shape index (κ1) is 13.1. The molecule has 3 nitrogen and oxygen atoms in total. The molecule has 0 saturated heterocycles. The van der Waals surface area contributed by atoms with Crippen LogP contribution in [0.4, 0.5) is 0 Å². The highest BCUT2D eigenvalue weighted by atomic mass is 32.2. The number of hydrogen-bond donors (Lipinski definition) is 2. The highest BCUT2D eigenvalue weighted by Crippen LogP contribution is 2.24. The second-order valence-electron chi connectivity index (χ2n) is 4.11. The number of carboxylic acid groups (broad SMARTS) is 1. The zero-order chi connectivity index (χ0) is 12.3. The summed E-state index contributed by atoms with van der Waals surface area (Å²) in [4.78, 5) is 11.7. The molecule has 2 N–H and O–H groups in total. The van der Waals surface area contributed by atoms with E-state index in [4.69, 9.17) is 5.11 Å². The quantitative estimate of drug-likeness (QED) is 0.792. The fourth-order valence-electron chi connectivity index (χ4n) is 1.09. The van der Waals surface area contributed by atoms with E-state index < -0.39 is 11.6 Å². The maximum atomic E-state index is 10.7. The van der Waals surface area contributed by atoms with Crippen LogP contribution in [0.1, 0.15) is 18.1 Å². The predicted octanol–water partition coefficient (Wildman–Crippen LogP) is 2.23. The Hall–Kier alpha value is -1.00. The van der Waals surface area contributed by atoms with Crippen molar-refractivity contribution in [3.63, 3.8) is 0 Å². The molecule has 1 atom stereocenters. The van der Waals surface area contributed by atoms with Crippen molar-refractivity contribution in [3.8, 4) is 0 Å². The van der Waals surface area contributed by atoms with E-state index in [0.29, 0.717) is 0 Å². The molecule has 0 aliphatic heterocycles. The van der Waals surface area contributed by atoms with Crippen molar-refractivity contribution in [1.29, 1.82) is 0 Å². The van der Waals surface area contributed by atoms with Crippen LogP contribution in [0.2, 0.25) is 0 Å². The molecule has 0 radical (unpaired) electrons. The van der Waals surface area contributed by atoms with Gasteiger partial charge in [0.2, 0.25) is 0 Å². The van der Waals surface area contributed by atoms with Crippen molar-refractivity contribution in [1.82, 2.24) is 0 Å². The Morgan fingerprint density at radius 3 is 2.50 bits per heavy atom. The van der Waals surface area contributed by atoms with Crippen LogP contribution in [0, 0.1) is 13.8 Å². The third-order valence-corrected chi connectivity index (χ3v) is 3.75. The molecule has 0 heterocycles. The Labute approximate surface area is 99.5 Å². The summed E-state index contributed by atoms with van der Waals surface area (Å²) < 4.78 is 0. The van der Waals surface area contributed by atoms with Crippen LogP contribution in [0.25, 0.3) is 0 Å². The standard InChI is InChI=1S/C12H16O3S/c1-8-4-5-10(6-9(8)2)16-7-12(3,15)11(13)14/h4-6,15H,7H2,1-3H3,(H,13,14). The minimum atomic E-state index is -1.68. The van der Waals surface area contributed by atoms with Crippen LogP contribution in [0.5, 0.6) is 0 Å². The lowest BCUT2D eigenvalue weighted by molar-refractivity contribution is -0.154. The second kappa shape index (κ2) is 4.89. The van der Waals surface area contributed by atoms with Crippen molar-refractivity contribution in [3.05, 3.63) is 29.3 Å². The average Bonchev–Trinajstić information content (AvgIpc) is 2.20. The lowest BCUT2D eigenvalue weighted by Crippen LogP contribution is -2.37. The van der Waals surface area contributed by atoms with Crippen molar-refractivity contribution in [2.75, 3.05) is 5.75 Å². The van der Waals surface area contributed by atoms with Crippen molar-refractivity contribution in [2.24, 2.45) is 0 Å². The Morgan fingerprint density at radius 2 is 2.00 bits per heavy atom. The molecule has 88 valence electrons. The fourth-order valence-corrected chi connectivity index (χ4v) is 2.08. The maximum Gasteiger partial charge on any atom is 0.336 e. The third-order valence-electron chi connectivity index (χ3n) is 2.46. The van der Waals surface area contributed by atoms with Gasteiger partial charge in [0.25, 0.3) is 0 Å². The number of thioether (sulfide) groups is 1. The van der Waals surface area contributed by atoms with Gasteiger partial charge < -0.3 is 10.2 Å². The molecule has 16 heavy (non-hydrogen) atoms. The molecule has 1 unspecified atom stereocenters. The number of aryl methyl sites for hydroxylation is 2. The molecule has 0 aliphatic rings. The topological polar surface area (TPSA) is 57.5 Å². The molecule has 1 rings (SSSR count). The minimum absolute atomic E-state index is 0.144. The number of rotatable bonds is 4. The molecular formula is C12H16O3S. The van der Waals surface area contributed by atoms with Crippen LogP contribution >= 0.6 is 11.8 Å². The van der Waals surface area contributed by atoms with Gasteiger partial charge in [0.15, 0.2) is 5.60 Å². The van der Waals surface area contributed by atoms with Gasteiger partial charge in [-0.2, -0.15) is 0 Å². The number of aliphatic hydroxyl groups is 1. The van der Waals surface area contributed by atoms with Gasteiger partial charge >= 0.3 is 5.97 Å². The summed E-state index contributed by atoms with van der Waals surface area (Å²) in [6.45, 7) is 5.34. The van der Waals surface area contributed by atoms with Gasteiger partial charge in [0.1, 0.15) is 0 Å². The Bertz CT molecular complexity index is 399. The molecule has 0 aromatic heterocycles. The summed E-state index contributed by atoms with van der Waals surface area (Å²) in [6.07, 6.45) is 0. The largest absolute Gasteiger partial charge is 0.479 e. The summed E-state index contributed by atoms with van der Waals surface area (Å²) in [5, 5.41) is 18.3. The van der Waals surface area contributed by atoms with E-state index in [1.807, 2.05) is 32.0 Å². The summed E-state index contributed by atoms with van der Waals surface area (Å²) >= 11 is 1.35. The summed E-state index contributed by atoms with van der Waals surface area (Å²) in [5.41, 5.74) is 0.693. The van der Waals surface area contributed by atoms with E-state index in [9.17, 15) is 9.90 Å². The minimum Gasteiger partial charge on any atom is -0.479 e. The molecule has 0 fully saturated rings. The molecule has 0 spiro atoms. The molecule has 1 aromatic carbocycles. The van der Waals surface area contributed by atoms with Crippen LogP contribution < -0.4 is 0 Å². The van der Waals surface area contributed by atoms with Gasteiger partial charge in [-0.15, -0.1) is 11.8 Å². The van der Waals surface area contributed by atoms with E-state index >= 15 is 0 Å². The van der Waals surface area contributed by atoms with Crippen LogP contribution in [0.3, 0.4) is 0 Å². The van der Waals surface area contributed by atoms with Crippen molar-refractivity contribution >= 4 is 17.7 Å². The molecule has 1 aromatic rings. The molecule has 0 bridgehead atoms. The molecule has 4 heteroatoms. The zero-order valence-corrected chi connectivity index (χ0v) is 10.5. The zero-order valence-electron chi connectivity index (χ0n) is 9.65. The van der Waals surface area contributed by atoms with Gasteiger partial charge in [-0.3, -0.25) is 0 Å².